The first-order chi connectivity index (χ1) is 20.1. The summed E-state index contributed by atoms with van der Waals surface area (Å²) in [5, 5.41) is 14.5. The van der Waals surface area contributed by atoms with E-state index in [4.69, 9.17) is 9.47 Å². The summed E-state index contributed by atoms with van der Waals surface area (Å²) in [5.41, 5.74) is 2.07. The van der Waals surface area contributed by atoms with Crippen LogP contribution in [0.15, 0.2) is 71.1 Å². The van der Waals surface area contributed by atoms with Crippen LogP contribution in [-0.4, -0.2) is 60.9 Å². The van der Waals surface area contributed by atoms with Gasteiger partial charge in [-0.05, 0) is 76.0 Å². The number of hydrogen-bond donors (Lipinski definition) is 1. The lowest BCUT2D eigenvalue weighted by Gasteiger charge is -2.31. The minimum atomic E-state index is -0.913. The predicted octanol–water partition coefficient (Wildman–Crippen LogP) is 4.67. The molecule has 4 rings (SSSR count). The first-order valence-corrected chi connectivity index (χ1v) is 13.8. The van der Waals surface area contributed by atoms with E-state index in [-0.39, 0.29) is 41.0 Å². The molecule has 222 valence electrons. The number of ether oxygens (including phenoxy) is 2. The zero-order valence-corrected chi connectivity index (χ0v) is 23.9. The van der Waals surface area contributed by atoms with Crippen molar-refractivity contribution in [3.63, 3.8) is 0 Å². The number of nitro benzene ring substituents is 1. The molecular weight excluding hydrogens is 545 g/mol. The van der Waals surface area contributed by atoms with E-state index in [1.807, 2.05) is 0 Å². The van der Waals surface area contributed by atoms with Crippen molar-refractivity contribution in [1.82, 2.24) is 10.2 Å². The van der Waals surface area contributed by atoms with Crippen LogP contribution in [0.1, 0.15) is 54.9 Å². The van der Waals surface area contributed by atoms with Gasteiger partial charge < -0.3 is 19.7 Å². The van der Waals surface area contributed by atoms with Crippen LogP contribution in [0, 0.1) is 21.8 Å². The number of allylic oxidation sites excluding steroid dienone is 2. The number of hydrogen-bond acceptors (Lipinski definition) is 9. The number of nitrogens with one attached hydrogen (secondary N) is 1. The summed E-state index contributed by atoms with van der Waals surface area (Å²) in [5.74, 6) is -2.65. The summed E-state index contributed by atoms with van der Waals surface area (Å²) >= 11 is 0. The Morgan fingerprint density at radius 2 is 1.67 bits per heavy atom. The van der Waals surface area contributed by atoms with Crippen molar-refractivity contribution in [1.29, 1.82) is 0 Å². The number of non-ortho nitro benzene ring substituents is 1. The summed E-state index contributed by atoms with van der Waals surface area (Å²) in [6.07, 6.45) is 1.95. The highest BCUT2D eigenvalue weighted by Crippen LogP contribution is 2.40. The van der Waals surface area contributed by atoms with Crippen molar-refractivity contribution in [2.24, 2.45) is 5.92 Å². The molecule has 10 nitrogen and oxygen atoms in total. The molecule has 2 heterocycles. The molecule has 0 aliphatic carbocycles. The normalized spacial score (nSPS) is 18.0. The van der Waals surface area contributed by atoms with E-state index in [1.54, 1.807) is 19.9 Å². The number of carbonyl (C=O) groups is 3. The summed E-state index contributed by atoms with van der Waals surface area (Å²) in [7, 11) is 1.23. The van der Waals surface area contributed by atoms with Crippen LogP contribution in [0.2, 0.25) is 0 Å². The van der Waals surface area contributed by atoms with Gasteiger partial charge in [-0.3, -0.25) is 14.9 Å². The monoisotopic (exact) mass is 579 g/mol. The molecular formula is C31H34FN3O7. The third-order valence-electron chi connectivity index (χ3n) is 7.74. The van der Waals surface area contributed by atoms with Crippen LogP contribution in [0.3, 0.4) is 0 Å². The van der Waals surface area contributed by atoms with Gasteiger partial charge in [-0.15, -0.1) is 0 Å². The second-order valence-electron chi connectivity index (χ2n) is 10.5. The van der Waals surface area contributed by atoms with Gasteiger partial charge in [0.2, 0.25) is 0 Å². The molecule has 2 aromatic carbocycles. The number of Topliss-reactive ketones (excluding diaryl/α,β-unsaturated/α-hetero) is 1. The predicted molar refractivity (Wildman–Crippen MR) is 152 cm³/mol. The molecule has 2 aliphatic rings. The number of piperidine rings is 1. The van der Waals surface area contributed by atoms with Gasteiger partial charge in [-0.25, -0.2) is 14.0 Å². The van der Waals surface area contributed by atoms with Crippen molar-refractivity contribution in [2.45, 2.75) is 39.0 Å². The minimum absolute atomic E-state index is 0.0298. The van der Waals surface area contributed by atoms with Gasteiger partial charge in [0.15, 0.2) is 5.78 Å². The number of carbonyl (C=O) groups excluding carboxylic acids is 3. The maximum Gasteiger partial charge on any atom is 0.336 e. The zero-order chi connectivity index (χ0) is 30.4. The van der Waals surface area contributed by atoms with Crippen LogP contribution < -0.4 is 5.32 Å². The number of esters is 2. The highest BCUT2D eigenvalue weighted by atomic mass is 19.1. The fraction of sp³-hybridized carbons (Fsp3) is 0.387. The maximum atomic E-state index is 13.4. The Bertz CT molecular complexity index is 1430. The highest BCUT2D eigenvalue weighted by Gasteiger charge is 2.38. The molecule has 0 spiro atoms. The number of benzene rings is 2. The van der Waals surface area contributed by atoms with Crippen LogP contribution in [0.4, 0.5) is 10.1 Å². The van der Waals surface area contributed by atoms with E-state index in [2.05, 4.69) is 10.2 Å². The molecule has 2 aliphatic heterocycles. The van der Waals surface area contributed by atoms with Gasteiger partial charge >= 0.3 is 11.9 Å². The van der Waals surface area contributed by atoms with E-state index < -0.39 is 22.8 Å². The standard InChI is InChI=1S/C31H34FN3O7/c1-19-26(30(37)41-3)28(23-6-4-7-25(18-23)35(39)40)27(20(2)33-19)31(38)42-17-5-14-34-15-12-22(13-16-34)29(36)21-8-10-24(32)11-9-21/h4,6-11,18,22,28,33H,5,12-17H2,1-3H3. The Hall–Kier alpha value is -4.38. The van der Waals surface area contributed by atoms with Crippen LogP contribution >= 0.6 is 0 Å². The van der Waals surface area contributed by atoms with Crippen molar-refractivity contribution >= 4 is 23.4 Å². The highest BCUT2D eigenvalue weighted by molar-refractivity contribution is 6.00. The lowest BCUT2D eigenvalue weighted by Crippen LogP contribution is -2.37. The van der Waals surface area contributed by atoms with Crippen molar-refractivity contribution in [3.8, 4) is 0 Å². The van der Waals surface area contributed by atoms with Gasteiger partial charge in [0.1, 0.15) is 5.82 Å². The number of halogens is 1. The fourth-order valence-corrected chi connectivity index (χ4v) is 5.60. The van der Waals surface area contributed by atoms with E-state index in [1.165, 1.54) is 49.6 Å². The van der Waals surface area contributed by atoms with Crippen molar-refractivity contribution < 1.29 is 33.2 Å². The molecule has 1 atom stereocenters. The lowest BCUT2D eigenvalue weighted by atomic mass is 9.80. The summed E-state index contributed by atoms with van der Waals surface area (Å²) < 4.78 is 23.8. The Kier molecular flexibility index (Phi) is 9.84. The third kappa shape index (κ3) is 6.91. The molecule has 0 saturated carbocycles. The van der Waals surface area contributed by atoms with E-state index in [0.29, 0.717) is 48.3 Å². The Labute approximate surface area is 243 Å². The SMILES string of the molecule is COC(=O)C1=C(C)NC(C)=C(C(=O)OCCCN2CCC(C(=O)c3ccc(F)cc3)CC2)C1c1cccc([N+](=O)[O-])c1. The van der Waals surface area contributed by atoms with Gasteiger partial charge in [0, 0.05) is 41.6 Å². The molecule has 1 fully saturated rings. The lowest BCUT2D eigenvalue weighted by molar-refractivity contribution is -0.384. The van der Waals surface area contributed by atoms with Crippen LogP contribution in [0.5, 0.6) is 0 Å². The van der Waals surface area contributed by atoms with Gasteiger partial charge in [0.05, 0.1) is 35.7 Å². The van der Waals surface area contributed by atoms with E-state index >= 15 is 0 Å². The Morgan fingerprint density at radius 3 is 2.29 bits per heavy atom. The summed E-state index contributed by atoms with van der Waals surface area (Å²) in [6, 6.07) is 11.5. The molecule has 42 heavy (non-hydrogen) atoms. The van der Waals surface area contributed by atoms with Crippen LogP contribution in [-0.2, 0) is 19.1 Å². The molecule has 1 unspecified atom stereocenters. The number of rotatable bonds is 10. The second-order valence-corrected chi connectivity index (χ2v) is 10.5. The first-order valence-electron chi connectivity index (χ1n) is 13.8. The number of methoxy groups -OCH3 is 1. The summed E-state index contributed by atoms with van der Waals surface area (Å²) in [4.78, 5) is 52.0. The Morgan fingerprint density at radius 1 is 1.02 bits per heavy atom. The molecule has 2 aromatic rings. The fourth-order valence-electron chi connectivity index (χ4n) is 5.60. The smallest absolute Gasteiger partial charge is 0.336 e. The molecule has 0 radical (unpaired) electrons. The van der Waals surface area contributed by atoms with Crippen LogP contribution in [0.25, 0.3) is 0 Å². The number of dihydropyridines is 1. The number of ketones is 1. The van der Waals surface area contributed by atoms with Crippen molar-refractivity contribution in [2.75, 3.05) is 33.4 Å². The molecule has 1 N–H and O–H groups in total. The van der Waals surface area contributed by atoms with Gasteiger partial charge in [0.25, 0.3) is 5.69 Å². The average Bonchev–Trinajstić information content (AvgIpc) is 2.99. The molecule has 0 aromatic heterocycles. The summed E-state index contributed by atoms with van der Waals surface area (Å²) in [6.45, 7) is 5.61. The van der Waals surface area contributed by atoms with E-state index in [9.17, 15) is 28.9 Å². The molecule has 1 saturated heterocycles. The Balaban J connectivity index is 1.37. The molecule has 11 heteroatoms. The van der Waals surface area contributed by atoms with Gasteiger partial charge in [-0.2, -0.15) is 0 Å². The average molecular weight is 580 g/mol. The molecule has 0 bridgehead atoms. The third-order valence-corrected chi connectivity index (χ3v) is 7.74. The van der Waals surface area contributed by atoms with Crippen molar-refractivity contribution in [3.05, 3.63) is 98.1 Å². The quantitative estimate of drug-likeness (QED) is 0.140. The minimum Gasteiger partial charge on any atom is -0.466 e. The van der Waals surface area contributed by atoms with E-state index in [0.717, 1.165) is 13.1 Å². The first kappa shape index (κ1) is 30.6. The topological polar surface area (TPSA) is 128 Å². The number of likely N-dealkylation sites (tertiary alicyclic amines) is 1. The zero-order valence-electron chi connectivity index (χ0n) is 23.9. The maximum absolute atomic E-state index is 13.4. The van der Waals surface area contributed by atoms with Gasteiger partial charge in [-0.1, -0.05) is 12.1 Å². The second kappa shape index (κ2) is 13.5. The largest absolute Gasteiger partial charge is 0.466 e. The molecule has 0 amide bonds. The number of nitrogens with zero attached hydrogens (tertiary/aromatic N) is 2. The number of nitro groups is 1.